The third-order valence-electron chi connectivity index (χ3n) is 4.32. The normalized spacial score (nSPS) is 19.3. The van der Waals surface area contributed by atoms with Gasteiger partial charge in [0.25, 0.3) is 0 Å². The maximum absolute atomic E-state index is 12.3. The second-order valence-electron chi connectivity index (χ2n) is 6.76. The molecule has 1 atom stereocenters. The fourth-order valence-electron chi connectivity index (χ4n) is 2.77. The molecule has 3 N–H and O–H groups in total. The van der Waals surface area contributed by atoms with E-state index in [4.69, 9.17) is 0 Å². The highest BCUT2D eigenvalue weighted by Crippen LogP contribution is 2.16. The van der Waals surface area contributed by atoms with Crippen LogP contribution >= 0.6 is 0 Å². The van der Waals surface area contributed by atoms with Crippen LogP contribution in [0.1, 0.15) is 19.3 Å². The maximum atomic E-state index is 12.3. The minimum Gasteiger partial charge on any atom is -0.392 e. The number of aliphatic hydroxyl groups is 1. The van der Waals surface area contributed by atoms with Gasteiger partial charge in [0.05, 0.1) is 11.0 Å². The number of anilines is 1. The number of hydrogen-bond donors (Lipinski definition) is 3. The number of β-amino-alcohol motifs (C(OH)–C–C–N with tert-alkyl or cyclic N) is 1. The van der Waals surface area contributed by atoms with Crippen LogP contribution in [0.3, 0.4) is 0 Å². The molecule has 1 heterocycles. The van der Waals surface area contributed by atoms with E-state index in [1.54, 1.807) is 0 Å². The van der Waals surface area contributed by atoms with Gasteiger partial charge in [-0.15, -0.1) is 0 Å². The van der Waals surface area contributed by atoms with E-state index >= 15 is 0 Å². The van der Waals surface area contributed by atoms with Crippen molar-refractivity contribution in [1.29, 1.82) is 0 Å². The largest absolute Gasteiger partial charge is 0.392 e. The van der Waals surface area contributed by atoms with Crippen LogP contribution in [-0.2, 0) is 20.2 Å². The number of rotatable bonds is 9. The van der Waals surface area contributed by atoms with Crippen molar-refractivity contribution in [3.8, 4) is 0 Å². The fourth-order valence-corrected chi connectivity index (χ4v) is 4.46. The Kier molecular flexibility index (Phi) is 7.60. The molecule has 0 saturated carbocycles. The lowest BCUT2D eigenvalue weighted by Gasteiger charge is -2.29. The van der Waals surface area contributed by atoms with Crippen molar-refractivity contribution in [3.05, 3.63) is 24.3 Å². The van der Waals surface area contributed by atoms with Gasteiger partial charge in [0, 0.05) is 32.9 Å². The summed E-state index contributed by atoms with van der Waals surface area (Å²) >= 11 is 0. The summed E-state index contributed by atoms with van der Waals surface area (Å²) in [5.41, 5.74) is 0.284. The molecule has 1 aliphatic rings. The lowest BCUT2D eigenvalue weighted by Crippen LogP contribution is -2.39. The van der Waals surface area contributed by atoms with Crippen molar-refractivity contribution in [2.75, 3.05) is 45.0 Å². The molecule has 1 fully saturated rings. The van der Waals surface area contributed by atoms with Gasteiger partial charge in [0.1, 0.15) is 0 Å². The first-order chi connectivity index (χ1) is 12.6. The average Bonchev–Trinajstić information content (AvgIpc) is 2.59. The van der Waals surface area contributed by atoms with Crippen molar-refractivity contribution >= 4 is 25.9 Å². The highest BCUT2D eigenvalue weighted by atomic mass is 32.2. The third kappa shape index (κ3) is 6.70. The maximum Gasteiger partial charge on any atom is 0.301 e. The van der Waals surface area contributed by atoms with Gasteiger partial charge < -0.3 is 10.0 Å². The first kappa shape index (κ1) is 22.1. The fraction of sp³-hybridized carbons (Fsp3) is 0.625. The molecule has 1 aliphatic heterocycles. The standard InChI is InChI=1S/C16H28N4O5S2/c1-19(2)27(24,25)18-14-6-8-16(9-7-14)26(22,23)17-10-4-12-20-11-3-5-15(21)13-20/h6-9,15,17-18,21H,3-5,10-13H2,1-2H3. The first-order valence-electron chi connectivity index (χ1n) is 8.80. The first-order valence-corrected chi connectivity index (χ1v) is 11.7. The molecule has 0 aliphatic carbocycles. The van der Waals surface area contributed by atoms with Gasteiger partial charge in [-0.25, -0.2) is 13.1 Å². The van der Waals surface area contributed by atoms with Gasteiger partial charge in [-0.05, 0) is 56.6 Å². The molecule has 27 heavy (non-hydrogen) atoms. The van der Waals surface area contributed by atoms with Crippen LogP contribution in [0.15, 0.2) is 29.2 Å². The van der Waals surface area contributed by atoms with Crippen LogP contribution in [-0.4, -0.2) is 77.5 Å². The molecule has 154 valence electrons. The Morgan fingerprint density at radius 3 is 2.44 bits per heavy atom. The lowest BCUT2D eigenvalue weighted by atomic mass is 10.1. The van der Waals surface area contributed by atoms with Crippen molar-refractivity contribution in [3.63, 3.8) is 0 Å². The summed E-state index contributed by atoms with van der Waals surface area (Å²) in [5, 5.41) is 9.64. The van der Waals surface area contributed by atoms with E-state index in [2.05, 4.69) is 14.3 Å². The van der Waals surface area contributed by atoms with Gasteiger partial charge in [-0.3, -0.25) is 4.72 Å². The van der Waals surface area contributed by atoms with E-state index in [9.17, 15) is 21.9 Å². The molecule has 1 saturated heterocycles. The van der Waals surface area contributed by atoms with Gasteiger partial charge >= 0.3 is 10.2 Å². The van der Waals surface area contributed by atoms with E-state index in [0.717, 1.165) is 30.2 Å². The number of nitrogens with one attached hydrogen (secondary N) is 2. The number of nitrogens with zero attached hydrogens (tertiary/aromatic N) is 2. The summed E-state index contributed by atoms with van der Waals surface area (Å²) < 4.78 is 54.1. The summed E-state index contributed by atoms with van der Waals surface area (Å²) in [6, 6.07) is 5.53. The zero-order chi connectivity index (χ0) is 20.1. The van der Waals surface area contributed by atoms with Gasteiger partial charge in [-0.1, -0.05) is 0 Å². The molecule has 1 unspecified atom stereocenters. The Bertz CT molecular complexity index is 810. The summed E-state index contributed by atoms with van der Waals surface area (Å²) in [6.07, 6.45) is 2.13. The Hall–Kier alpha value is -1.24. The topological polar surface area (TPSA) is 119 Å². The van der Waals surface area contributed by atoms with Crippen LogP contribution in [0, 0.1) is 0 Å². The van der Waals surface area contributed by atoms with Crippen molar-refractivity contribution < 1.29 is 21.9 Å². The molecule has 1 aromatic carbocycles. The van der Waals surface area contributed by atoms with Gasteiger partial charge in [0.15, 0.2) is 0 Å². The van der Waals surface area contributed by atoms with Gasteiger partial charge in [-0.2, -0.15) is 12.7 Å². The Morgan fingerprint density at radius 2 is 1.85 bits per heavy atom. The second-order valence-corrected chi connectivity index (χ2v) is 10.4. The number of piperidine rings is 1. The van der Waals surface area contributed by atoms with Crippen molar-refractivity contribution in [1.82, 2.24) is 13.9 Å². The monoisotopic (exact) mass is 420 g/mol. The SMILES string of the molecule is CN(C)S(=O)(=O)Nc1ccc(S(=O)(=O)NCCCN2CCCC(O)C2)cc1. The van der Waals surface area contributed by atoms with Crippen LogP contribution in [0.4, 0.5) is 5.69 Å². The molecule has 0 amide bonds. The van der Waals surface area contributed by atoms with E-state index < -0.39 is 20.2 Å². The van der Waals surface area contributed by atoms with Crippen molar-refractivity contribution in [2.45, 2.75) is 30.3 Å². The lowest BCUT2D eigenvalue weighted by molar-refractivity contribution is 0.0704. The molecule has 0 radical (unpaired) electrons. The van der Waals surface area contributed by atoms with E-state index in [1.165, 1.54) is 38.4 Å². The van der Waals surface area contributed by atoms with Crippen LogP contribution in [0.5, 0.6) is 0 Å². The van der Waals surface area contributed by atoms with E-state index in [-0.39, 0.29) is 16.7 Å². The molecule has 9 nitrogen and oxygen atoms in total. The Balaban J connectivity index is 1.85. The summed E-state index contributed by atoms with van der Waals surface area (Å²) in [4.78, 5) is 2.21. The minimum atomic E-state index is -3.66. The summed E-state index contributed by atoms with van der Waals surface area (Å²) in [6.45, 7) is 2.58. The Morgan fingerprint density at radius 1 is 1.19 bits per heavy atom. The highest BCUT2D eigenvalue weighted by Gasteiger charge is 2.18. The molecule has 0 spiro atoms. The molecule has 11 heteroatoms. The van der Waals surface area contributed by atoms with Gasteiger partial charge in [0.2, 0.25) is 10.0 Å². The molecular weight excluding hydrogens is 392 g/mol. The third-order valence-corrected chi connectivity index (χ3v) is 7.25. The number of benzene rings is 1. The summed E-state index contributed by atoms with van der Waals surface area (Å²) in [7, 11) is -4.50. The predicted octanol–water partition coefficient (Wildman–Crippen LogP) is 0.0300. The summed E-state index contributed by atoms with van der Waals surface area (Å²) in [5.74, 6) is 0. The minimum absolute atomic E-state index is 0.0729. The zero-order valence-corrected chi connectivity index (χ0v) is 17.3. The van der Waals surface area contributed by atoms with Crippen LogP contribution in [0.25, 0.3) is 0 Å². The van der Waals surface area contributed by atoms with Crippen molar-refractivity contribution in [2.24, 2.45) is 0 Å². The molecular formula is C16H28N4O5S2. The predicted molar refractivity (Wildman–Crippen MR) is 104 cm³/mol. The number of aliphatic hydroxyl groups excluding tert-OH is 1. The second kappa shape index (κ2) is 9.30. The molecule has 1 aromatic rings. The van der Waals surface area contributed by atoms with Crippen LogP contribution in [0.2, 0.25) is 0 Å². The smallest absolute Gasteiger partial charge is 0.301 e. The Labute approximate surface area is 161 Å². The number of sulfonamides is 1. The van der Waals surface area contributed by atoms with Crippen LogP contribution < -0.4 is 9.44 Å². The highest BCUT2D eigenvalue weighted by molar-refractivity contribution is 7.90. The number of hydrogen-bond acceptors (Lipinski definition) is 6. The van der Waals surface area contributed by atoms with E-state index in [1.807, 2.05) is 0 Å². The molecule has 0 bridgehead atoms. The molecule has 2 rings (SSSR count). The molecule has 0 aromatic heterocycles. The van der Waals surface area contributed by atoms with E-state index in [0.29, 0.717) is 19.5 Å². The quantitative estimate of drug-likeness (QED) is 0.485. The number of likely N-dealkylation sites (tertiary alicyclic amines) is 1. The average molecular weight is 421 g/mol. The zero-order valence-electron chi connectivity index (χ0n) is 15.6.